The molecular weight excluding hydrogens is 124 g/mol. The first kappa shape index (κ1) is 6.57. The standard InChI is InChI=1S/C9H5O/c1-2-8-3-5-9(7-10)6-4-8/h3-7H. The summed E-state index contributed by atoms with van der Waals surface area (Å²) >= 11 is 0. The van der Waals surface area contributed by atoms with Gasteiger partial charge in [-0.15, -0.1) is 0 Å². The van der Waals surface area contributed by atoms with Gasteiger partial charge in [0.1, 0.15) is 6.29 Å². The summed E-state index contributed by atoms with van der Waals surface area (Å²) < 4.78 is 0. The number of aldehydes is 1. The molecule has 0 spiro atoms. The van der Waals surface area contributed by atoms with Crippen molar-refractivity contribution in [3.8, 4) is 5.92 Å². The lowest BCUT2D eigenvalue weighted by Crippen LogP contribution is -1.78. The van der Waals surface area contributed by atoms with E-state index in [1.54, 1.807) is 24.3 Å². The van der Waals surface area contributed by atoms with Crippen molar-refractivity contribution >= 4 is 6.29 Å². The third-order valence-electron chi connectivity index (χ3n) is 1.19. The second-order valence-electron chi connectivity index (χ2n) is 1.86. The van der Waals surface area contributed by atoms with Gasteiger partial charge in [-0.25, -0.2) is 0 Å². The van der Waals surface area contributed by atoms with E-state index in [-0.39, 0.29) is 0 Å². The number of hydrogen-bond donors (Lipinski definition) is 0. The highest BCUT2D eigenvalue weighted by atomic mass is 16.1. The number of hydrogen-bond acceptors (Lipinski definition) is 1. The normalized spacial score (nSPS) is 8.30. The van der Waals surface area contributed by atoms with E-state index in [1.165, 1.54) is 0 Å². The number of rotatable bonds is 1. The Morgan fingerprint density at radius 1 is 1.30 bits per heavy atom. The molecule has 0 atom stereocenters. The Bertz CT molecular complexity index is 264. The van der Waals surface area contributed by atoms with Crippen LogP contribution in [0.3, 0.4) is 0 Å². The van der Waals surface area contributed by atoms with Crippen LogP contribution in [0.15, 0.2) is 24.3 Å². The molecule has 0 heterocycles. The van der Waals surface area contributed by atoms with Gasteiger partial charge in [-0.3, -0.25) is 4.79 Å². The molecule has 1 heteroatoms. The fourth-order valence-electron chi connectivity index (χ4n) is 0.645. The van der Waals surface area contributed by atoms with Crippen LogP contribution in [-0.2, 0) is 0 Å². The van der Waals surface area contributed by atoms with Gasteiger partial charge in [0.15, 0.2) is 0 Å². The van der Waals surface area contributed by atoms with E-state index in [2.05, 4.69) is 5.92 Å². The first-order valence-electron chi connectivity index (χ1n) is 2.85. The summed E-state index contributed by atoms with van der Waals surface area (Å²) in [6.07, 6.45) is 7.50. The maximum atomic E-state index is 10.1. The first-order valence-corrected chi connectivity index (χ1v) is 2.85. The summed E-state index contributed by atoms with van der Waals surface area (Å²) in [5.74, 6) is 2.21. The number of carbonyl (C=O) groups is 1. The summed E-state index contributed by atoms with van der Waals surface area (Å²) in [6, 6.07) is 6.67. The Hall–Kier alpha value is -1.55. The molecule has 1 rings (SSSR count). The lowest BCUT2D eigenvalue weighted by atomic mass is 10.2. The van der Waals surface area contributed by atoms with E-state index in [4.69, 9.17) is 6.42 Å². The van der Waals surface area contributed by atoms with E-state index in [0.717, 1.165) is 6.29 Å². The Morgan fingerprint density at radius 2 is 1.90 bits per heavy atom. The molecule has 0 aliphatic heterocycles. The molecular formula is C9H5O. The zero-order chi connectivity index (χ0) is 7.40. The quantitative estimate of drug-likeness (QED) is 0.414. The zero-order valence-electron chi connectivity index (χ0n) is 5.29. The predicted molar refractivity (Wildman–Crippen MR) is 38.1 cm³/mol. The fourth-order valence-corrected chi connectivity index (χ4v) is 0.645. The molecule has 47 valence electrons. The molecule has 0 fully saturated rings. The highest BCUT2D eigenvalue weighted by molar-refractivity contribution is 5.74. The molecule has 1 aromatic rings. The fraction of sp³-hybridized carbons (Fsp3) is 0. The van der Waals surface area contributed by atoms with E-state index < -0.39 is 0 Å². The van der Waals surface area contributed by atoms with Crippen molar-refractivity contribution in [1.82, 2.24) is 0 Å². The highest BCUT2D eigenvalue weighted by Gasteiger charge is 1.87. The second kappa shape index (κ2) is 2.84. The van der Waals surface area contributed by atoms with E-state index in [1.807, 2.05) is 0 Å². The van der Waals surface area contributed by atoms with Gasteiger partial charge in [-0.2, -0.15) is 0 Å². The van der Waals surface area contributed by atoms with Crippen molar-refractivity contribution in [2.75, 3.05) is 0 Å². The average molecular weight is 129 g/mol. The maximum Gasteiger partial charge on any atom is 0.150 e. The predicted octanol–water partition coefficient (Wildman–Crippen LogP) is 1.44. The van der Waals surface area contributed by atoms with Crippen molar-refractivity contribution in [2.45, 2.75) is 0 Å². The number of carbonyl (C=O) groups excluding carboxylic acids is 1. The van der Waals surface area contributed by atoms with Crippen LogP contribution in [0.4, 0.5) is 0 Å². The lowest BCUT2D eigenvalue weighted by molar-refractivity contribution is 0.112. The van der Waals surface area contributed by atoms with Crippen LogP contribution in [0.25, 0.3) is 0 Å². The number of benzene rings is 1. The van der Waals surface area contributed by atoms with Crippen LogP contribution in [0.5, 0.6) is 0 Å². The van der Waals surface area contributed by atoms with Crippen LogP contribution < -0.4 is 0 Å². The van der Waals surface area contributed by atoms with Gasteiger partial charge in [-0.1, -0.05) is 18.1 Å². The summed E-state index contributed by atoms with van der Waals surface area (Å²) in [7, 11) is 0. The maximum absolute atomic E-state index is 10.1. The van der Waals surface area contributed by atoms with Gasteiger partial charge >= 0.3 is 0 Å². The van der Waals surface area contributed by atoms with E-state index in [9.17, 15) is 4.79 Å². The minimum absolute atomic E-state index is 0.624. The summed E-state index contributed by atoms with van der Waals surface area (Å²) in [4.78, 5) is 10.1. The molecule has 0 bridgehead atoms. The molecule has 0 amide bonds. The SMILES string of the molecule is [C]#Cc1ccc(C=O)cc1. The second-order valence-corrected chi connectivity index (χ2v) is 1.86. The largest absolute Gasteiger partial charge is 0.298 e. The minimum Gasteiger partial charge on any atom is -0.298 e. The lowest BCUT2D eigenvalue weighted by Gasteiger charge is -1.88. The van der Waals surface area contributed by atoms with Crippen LogP contribution in [0.2, 0.25) is 0 Å². The molecule has 0 unspecified atom stereocenters. The average Bonchev–Trinajstić information content (AvgIpc) is 2.05. The van der Waals surface area contributed by atoms with Gasteiger partial charge in [-0.05, 0) is 18.6 Å². The monoisotopic (exact) mass is 129 g/mol. The van der Waals surface area contributed by atoms with Crippen LogP contribution in [0.1, 0.15) is 15.9 Å². The van der Waals surface area contributed by atoms with Crippen LogP contribution in [0, 0.1) is 12.3 Å². The molecule has 0 saturated heterocycles. The minimum atomic E-state index is 0.624. The van der Waals surface area contributed by atoms with Crippen molar-refractivity contribution < 1.29 is 4.79 Å². The molecule has 10 heavy (non-hydrogen) atoms. The summed E-state index contributed by atoms with van der Waals surface area (Å²) in [5.41, 5.74) is 1.31. The summed E-state index contributed by atoms with van der Waals surface area (Å²) in [6.45, 7) is 0. The molecule has 1 aromatic carbocycles. The van der Waals surface area contributed by atoms with Gasteiger partial charge in [0.05, 0.1) is 0 Å². The zero-order valence-corrected chi connectivity index (χ0v) is 5.29. The van der Waals surface area contributed by atoms with Crippen LogP contribution in [-0.4, -0.2) is 6.29 Å². The van der Waals surface area contributed by atoms with Gasteiger partial charge in [0.25, 0.3) is 0 Å². The van der Waals surface area contributed by atoms with Crippen molar-refractivity contribution in [3.05, 3.63) is 41.8 Å². The Morgan fingerprint density at radius 3 is 2.30 bits per heavy atom. The van der Waals surface area contributed by atoms with Gasteiger partial charge < -0.3 is 0 Å². The van der Waals surface area contributed by atoms with E-state index in [0.29, 0.717) is 11.1 Å². The molecule has 1 radical (unpaired) electrons. The summed E-state index contributed by atoms with van der Waals surface area (Å²) in [5, 5.41) is 0. The molecule has 0 aromatic heterocycles. The topological polar surface area (TPSA) is 17.1 Å². The Kier molecular flexibility index (Phi) is 1.86. The van der Waals surface area contributed by atoms with E-state index >= 15 is 0 Å². The van der Waals surface area contributed by atoms with Crippen molar-refractivity contribution in [1.29, 1.82) is 0 Å². The molecule has 0 N–H and O–H groups in total. The third kappa shape index (κ3) is 1.24. The Labute approximate surface area is 59.7 Å². The molecule has 0 saturated carbocycles. The highest BCUT2D eigenvalue weighted by Crippen LogP contribution is 1.99. The van der Waals surface area contributed by atoms with Crippen molar-refractivity contribution in [3.63, 3.8) is 0 Å². The Balaban J connectivity index is 3.04. The smallest absolute Gasteiger partial charge is 0.150 e. The third-order valence-corrected chi connectivity index (χ3v) is 1.19. The van der Waals surface area contributed by atoms with Crippen LogP contribution >= 0.6 is 0 Å². The molecule has 0 aliphatic carbocycles. The van der Waals surface area contributed by atoms with Gasteiger partial charge in [0.2, 0.25) is 0 Å². The molecule has 0 aliphatic rings. The molecule has 1 nitrogen and oxygen atoms in total. The first-order chi connectivity index (χ1) is 4.86. The van der Waals surface area contributed by atoms with Crippen molar-refractivity contribution in [2.24, 2.45) is 0 Å². The van der Waals surface area contributed by atoms with Gasteiger partial charge in [0, 0.05) is 11.1 Å².